The zero-order valence-corrected chi connectivity index (χ0v) is 15.2. The van der Waals surface area contributed by atoms with Crippen LogP contribution in [0.4, 0.5) is 10.3 Å². The molecular weight excluding hydrogens is 345 g/mol. The second-order valence-corrected chi connectivity index (χ2v) is 6.93. The number of piperidine rings is 1. The highest BCUT2D eigenvalue weighted by atomic mass is 19.1. The molecule has 1 N–H and O–H groups in total. The number of amides is 1. The van der Waals surface area contributed by atoms with Gasteiger partial charge in [0, 0.05) is 36.8 Å². The number of nitrogens with one attached hydrogen (secondary N) is 1. The van der Waals surface area contributed by atoms with Crippen LogP contribution in [0.1, 0.15) is 24.1 Å². The first-order valence-electron chi connectivity index (χ1n) is 9.20. The fourth-order valence-corrected chi connectivity index (χ4v) is 3.60. The van der Waals surface area contributed by atoms with Gasteiger partial charge in [-0.3, -0.25) is 9.20 Å². The average molecular weight is 367 g/mol. The third kappa shape index (κ3) is 3.49. The maximum atomic E-state index is 13.7. The molecule has 0 atom stereocenters. The molecule has 4 rings (SSSR count). The van der Waals surface area contributed by atoms with Gasteiger partial charge in [0.05, 0.1) is 0 Å². The third-order valence-corrected chi connectivity index (χ3v) is 5.17. The lowest BCUT2D eigenvalue weighted by Crippen LogP contribution is -2.41. The molecule has 140 valence electrons. The van der Waals surface area contributed by atoms with Gasteiger partial charge in [0.15, 0.2) is 5.65 Å². The minimum absolute atomic E-state index is 0.0137. The highest BCUT2D eigenvalue weighted by molar-refractivity contribution is 5.79. The van der Waals surface area contributed by atoms with Crippen LogP contribution in [0.3, 0.4) is 0 Å². The third-order valence-electron chi connectivity index (χ3n) is 5.17. The monoisotopic (exact) mass is 367 g/mol. The number of anilines is 1. The van der Waals surface area contributed by atoms with Crippen molar-refractivity contribution in [3.63, 3.8) is 0 Å². The van der Waals surface area contributed by atoms with Crippen molar-refractivity contribution in [2.45, 2.75) is 26.3 Å². The summed E-state index contributed by atoms with van der Waals surface area (Å²) in [6, 6.07) is 12.5. The maximum Gasteiger partial charge on any atom is 0.231 e. The number of aromatic nitrogens is 3. The maximum absolute atomic E-state index is 13.7. The smallest absolute Gasteiger partial charge is 0.231 e. The van der Waals surface area contributed by atoms with Crippen molar-refractivity contribution in [2.24, 2.45) is 5.92 Å². The molecule has 1 aliphatic heterocycles. The summed E-state index contributed by atoms with van der Waals surface area (Å²) in [7, 11) is 0. The highest BCUT2D eigenvalue weighted by Crippen LogP contribution is 2.23. The molecule has 1 aliphatic rings. The Balaban J connectivity index is 1.37. The first-order chi connectivity index (χ1) is 13.1. The van der Waals surface area contributed by atoms with E-state index in [4.69, 9.17) is 0 Å². The van der Waals surface area contributed by atoms with E-state index in [1.54, 1.807) is 18.2 Å². The Bertz CT molecular complexity index is 962. The van der Waals surface area contributed by atoms with E-state index >= 15 is 0 Å². The fraction of sp³-hybridized carbons (Fsp3) is 0.350. The predicted molar refractivity (Wildman–Crippen MR) is 101 cm³/mol. The van der Waals surface area contributed by atoms with Crippen LogP contribution in [0, 0.1) is 18.7 Å². The normalized spacial score (nSPS) is 15.3. The van der Waals surface area contributed by atoms with E-state index in [-0.39, 0.29) is 24.2 Å². The first kappa shape index (κ1) is 17.5. The molecule has 1 aromatic carbocycles. The minimum atomic E-state index is -0.290. The number of nitrogens with zero attached hydrogens (tertiary/aromatic N) is 4. The van der Waals surface area contributed by atoms with Crippen LogP contribution in [0.5, 0.6) is 0 Å². The lowest BCUT2D eigenvalue weighted by Gasteiger charge is -2.31. The summed E-state index contributed by atoms with van der Waals surface area (Å²) >= 11 is 0. The minimum Gasteiger partial charge on any atom is -0.352 e. The van der Waals surface area contributed by atoms with Crippen LogP contribution in [0.2, 0.25) is 0 Å². The zero-order chi connectivity index (χ0) is 18.8. The van der Waals surface area contributed by atoms with Crippen LogP contribution in [-0.4, -0.2) is 33.6 Å². The second-order valence-electron chi connectivity index (χ2n) is 6.93. The lowest BCUT2D eigenvalue weighted by molar-refractivity contribution is -0.125. The topological polar surface area (TPSA) is 62.5 Å². The Morgan fingerprint density at radius 3 is 2.70 bits per heavy atom. The molecule has 27 heavy (non-hydrogen) atoms. The summed E-state index contributed by atoms with van der Waals surface area (Å²) in [4.78, 5) is 14.6. The van der Waals surface area contributed by atoms with E-state index in [0.717, 1.165) is 43.2 Å². The van der Waals surface area contributed by atoms with Gasteiger partial charge in [-0.2, -0.15) is 0 Å². The van der Waals surface area contributed by atoms with Gasteiger partial charge < -0.3 is 10.2 Å². The zero-order valence-electron chi connectivity index (χ0n) is 15.2. The number of carbonyl (C=O) groups excluding carboxylic acids is 1. The molecule has 0 spiro atoms. The molecule has 6 nitrogen and oxygen atoms in total. The van der Waals surface area contributed by atoms with Gasteiger partial charge in [-0.1, -0.05) is 24.3 Å². The molecule has 0 bridgehead atoms. The molecular formula is C20H22FN5O. The summed E-state index contributed by atoms with van der Waals surface area (Å²) in [6.45, 7) is 3.74. The van der Waals surface area contributed by atoms with Crippen molar-refractivity contribution < 1.29 is 9.18 Å². The Morgan fingerprint density at radius 2 is 1.93 bits per heavy atom. The number of fused-ring (bicyclic) bond motifs is 1. The average Bonchev–Trinajstić information content (AvgIpc) is 3.13. The lowest BCUT2D eigenvalue weighted by atomic mass is 9.96. The van der Waals surface area contributed by atoms with E-state index in [1.165, 1.54) is 6.07 Å². The SMILES string of the molecule is Cc1cccc2nnc(N3CCC(C(=O)NCc4ccccc4F)CC3)n12. The molecule has 1 fully saturated rings. The Kier molecular flexibility index (Phi) is 4.75. The molecule has 7 heteroatoms. The van der Waals surface area contributed by atoms with E-state index in [0.29, 0.717) is 5.56 Å². The molecule has 2 aromatic heterocycles. The van der Waals surface area contributed by atoms with Gasteiger partial charge in [0.2, 0.25) is 11.9 Å². The van der Waals surface area contributed by atoms with Crippen LogP contribution in [-0.2, 0) is 11.3 Å². The van der Waals surface area contributed by atoms with Crippen LogP contribution in [0.25, 0.3) is 5.65 Å². The number of rotatable bonds is 4. The summed E-state index contributed by atoms with van der Waals surface area (Å²) in [5.41, 5.74) is 2.42. The van der Waals surface area contributed by atoms with E-state index < -0.39 is 0 Å². The van der Waals surface area contributed by atoms with Gasteiger partial charge in [0.1, 0.15) is 5.82 Å². The standard InChI is InChI=1S/C20H22FN5O/c1-14-5-4-8-18-23-24-20(26(14)18)25-11-9-15(10-12-25)19(27)22-13-16-6-2-3-7-17(16)21/h2-8,15H,9-13H2,1H3,(H,22,27). The largest absolute Gasteiger partial charge is 0.352 e. The number of carbonyl (C=O) groups is 1. The van der Waals surface area contributed by atoms with E-state index in [1.807, 2.05) is 29.5 Å². The molecule has 3 aromatic rings. The quantitative estimate of drug-likeness (QED) is 0.770. The van der Waals surface area contributed by atoms with Crippen molar-refractivity contribution in [3.8, 4) is 0 Å². The van der Waals surface area contributed by atoms with Gasteiger partial charge in [-0.15, -0.1) is 10.2 Å². The first-order valence-corrected chi connectivity index (χ1v) is 9.20. The number of aryl methyl sites for hydroxylation is 1. The molecule has 0 aliphatic carbocycles. The van der Waals surface area contributed by atoms with Crippen molar-refractivity contribution >= 4 is 17.5 Å². The molecule has 1 amide bonds. The Hall–Kier alpha value is -2.96. The summed E-state index contributed by atoms with van der Waals surface area (Å²) < 4.78 is 15.7. The predicted octanol–water partition coefficient (Wildman–Crippen LogP) is 2.71. The molecule has 3 heterocycles. The van der Waals surface area contributed by atoms with Gasteiger partial charge in [0.25, 0.3) is 0 Å². The molecule has 0 radical (unpaired) electrons. The Morgan fingerprint density at radius 1 is 1.15 bits per heavy atom. The summed E-state index contributed by atoms with van der Waals surface area (Å²) in [5.74, 6) is 0.462. The molecule has 1 saturated heterocycles. The summed E-state index contributed by atoms with van der Waals surface area (Å²) in [5, 5.41) is 11.4. The number of pyridine rings is 1. The van der Waals surface area contributed by atoms with Crippen molar-refractivity contribution in [1.29, 1.82) is 0 Å². The van der Waals surface area contributed by atoms with E-state index in [9.17, 15) is 9.18 Å². The van der Waals surface area contributed by atoms with Gasteiger partial charge in [-0.05, 0) is 38.0 Å². The van der Waals surface area contributed by atoms with Crippen LogP contribution in [0.15, 0.2) is 42.5 Å². The number of hydrogen-bond donors (Lipinski definition) is 1. The van der Waals surface area contributed by atoms with E-state index in [2.05, 4.69) is 20.4 Å². The van der Waals surface area contributed by atoms with Crippen LogP contribution < -0.4 is 10.2 Å². The Labute approximate surface area is 157 Å². The molecule has 0 unspecified atom stereocenters. The van der Waals surface area contributed by atoms with Gasteiger partial charge >= 0.3 is 0 Å². The van der Waals surface area contributed by atoms with Crippen LogP contribution >= 0.6 is 0 Å². The summed E-state index contributed by atoms with van der Waals surface area (Å²) in [6.07, 6.45) is 1.48. The second kappa shape index (κ2) is 7.34. The number of benzene rings is 1. The highest BCUT2D eigenvalue weighted by Gasteiger charge is 2.27. The van der Waals surface area contributed by atoms with Crippen molar-refractivity contribution in [2.75, 3.05) is 18.0 Å². The van der Waals surface area contributed by atoms with Gasteiger partial charge in [-0.25, -0.2) is 4.39 Å². The number of halogens is 1. The molecule has 0 saturated carbocycles. The fourth-order valence-electron chi connectivity index (χ4n) is 3.60. The van der Waals surface area contributed by atoms with Crippen molar-refractivity contribution in [3.05, 3.63) is 59.5 Å². The van der Waals surface area contributed by atoms with Crippen molar-refractivity contribution in [1.82, 2.24) is 19.9 Å². The number of hydrogen-bond acceptors (Lipinski definition) is 4.